The third kappa shape index (κ3) is 3.28. The zero-order valence-electron chi connectivity index (χ0n) is 11.4. The van der Waals surface area contributed by atoms with Crippen molar-refractivity contribution in [1.82, 2.24) is 0 Å². The monoisotopic (exact) mass is 242 g/mol. The minimum atomic E-state index is -1.04. The van der Waals surface area contributed by atoms with E-state index in [4.69, 9.17) is 9.47 Å². The van der Waals surface area contributed by atoms with Crippen LogP contribution < -0.4 is 0 Å². The second-order valence-corrected chi connectivity index (χ2v) is 5.95. The summed E-state index contributed by atoms with van der Waals surface area (Å²) in [7, 11) is 0. The molecule has 0 radical (unpaired) electrons. The highest BCUT2D eigenvalue weighted by Gasteiger charge is 2.46. The van der Waals surface area contributed by atoms with Gasteiger partial charge in [0.15, 0.2) is 5.78 Å². The molecule has 0 aromatic rings. The molecule has 0 aliphatic carbocycles. The Labute approximate surface area is 103 Å². The lowest BCUT2D eigenvalue weighted by Gasteiger charge is -2.22. The van der Waals surface area contributed by atoms with Crippen LogP contribution in [0.3, 0.4) is 0 Å². The van der Waals surface area contributed by atoms with Crippen LogP contribution in [0.5, 0.6) is 0 Å². The van der Waals surface area contributed by atoms with Gasteiger partial charge in [-0.05, 0) is 26.7 Å². The molecule has 0 amide bonds. The van der Waals surface area contributed by atoms with Gasteiger partial charge in [-0.3, -0.25) is 4.79 Å². The second-order valence-electron chi connectivity index (χ2n) is 5.95. The van der Waals surface area contributed by atoms with Gasteiger partial charge in [0.2, 0.25) is 6.10 Å². The topological polar surface area (TPSA) is 52.6 Å². The molecule has 1 saturated heterocycles. The summed E-state index contributed by atoms with van der Waals surface area (Å²) in [5.74, 6) is -0.774. The van der Waals surface area contributed by atoms with Gasteiger partial charge in [0, 0.05) is 5.92 Å². The first kappa shape index (κ1) is 14.2. The molecule has 4 heteroatoms. The fourth-order valence-corrected chi connectivity index (χ4v) is 2.00. The van der Waals surface area contributed by atoms with Gasteiger partial charge < -0.3 is 9.47 Å². The summed E-state index contributed by atoms with van der Waals surface area (Å²) in [6.07, 6.45) is -1.24. The van der Waals surface area contributed by atoms with E-state index in [0.29, 0.717) is 0 Å². The molecule has 0 aromatic heterocycles. The summed E-state index contributed by atoms with van der Waals surface area (Å²) >= 11 is 0. The summed E-state index contributed by atoms with van der Waals surface area (Å²) in [6, 6.07) is 0. The molecule has 0 N–H and O–H groups in total. The van der Waals surface area contributed by atoms with Gasteiger partial charge in [0.1, 0.15) is 5.60 Å². The quantitative estimate of drug-likeness (QED) is 0.548. The summed E-state index contributed by atoms with van der Waals surface area (Å²) in [4.78, 5) is 23.7. The summed E-state index contributed by atoms with van der Waals surface area (Å²) < 4.78 is 10.7. The number of ether oxygens (including phenoxy) is 2. The average Bonchev–Trinajstić information content (AvgIpc) is 2.41. The minimum absolute atomic E-state index is 0.169. The predicted molar refractivity (Wildman–Crippen MR) is 63.5 cm³/mol. The van der Waals surface area contributed by atoms with E-state index in [1.165, 1.54) is 0 Å². The first-order valence-electron chi connectivity index (χ1n) is 6.05. The SMILES string of the molecule is CC(C)C1O[C@H](C(=O)OC(C)(C)C)C(=O)C1C. The normalized spacial score (nSPS) is 29.8. The van der Waals surface area contributed by atoms with Crippen molar-refractivity contribution in [2.75, 3.05) is 0 Å². The van der Waals surface area contributed by atoms with E-state index in [2.05, 4.69) is 0 Å². The van der Waals surface area contributed by atoms with E-state index < -0.39 is 17.7 Å². The average molecular weight is 242 g/mol. The Kier molecular flexibility index (Phi) is 3.97. The highest BCUT2D eigenvalue weighted by Crippen LogP contribution is 2.29. The Morgan fingerprint density at radius 2 is 1.88 bits per heavy atom. The van der Waals surface area contributed by atoms with Gasteiger partial charge in [-0.15, -0.1) is 0 Å². The number of rotatable bonds is 2. The van der Waals surface area contributed by atoms with Crippen molar-refractivity contribution in [3.63, 3.8) is 0 Å². The van der Waals surface area contributed by atoms with Crippen molar-refractivity contribution in [3.8, 4) is 0 Å². The van der Waals surface area contributed by atoms with Crippen LogP contribution in [-0.2, 0) is 19.1 Å². The van der Waals surface area contributed by atoms with Crippen molar-refractivity contribution in [1.29, 1.82) is 0 Å². The lowest BCUT2D eigenvalue weighted by molar-refractivity contribution is -0.169. The predicted octanol–water partition coefficient (Wildman–Crippen LogP) is 1.96. The highest BCUT2D eigenvalue weighted by atomic mass is 16.6. The van der Waals surface area contributed by atoms with E-state index in [1.807, 2.05) is 13.8 Å². The number of carbonyl (C=O) groups excluding carboxylic acids is 2. The molecule has 98 valence electrons. The highest BCUT2D eigenvalue weighted by molar-refractivity contribution is 6.04. The number of carbonyl (C=O) groups is 2. The molecule has 3 atom stereocenters. The lowest BCUT2D eigenvalue weighted by atomic mass is 9.93. The molecule has 0 spiro atoms. The summed E-state index contributed by atoms with van der Waals surface area (Å²) in [5.41, 5.74) is -0.597. The number of hydrogen-bond donors (Lipinski definition) is 0. The number of hydrogen-bond acceptors (Lipinski definition) is 4. The largest absolute Gasteiger partial charge is 0.458 e. The second kappa shape index (κ2) is 4.77. The van der Waals surface area contributed by atoms with Crippen LogP contribution in [0.1, 0.15) is 41.5 Å². The Morgan fingerprint density at radius 1 is 1.35 bits per heavy atom. The molecule has 1 rings (SSSR count). The van der Waals surface area contributed by atoms with Crippen molar-refractivity contribution in [2.45, 2.75) is 59.4 Å². The summed E-state index contributed by atoms with van der Waals surface area (Å²) in [5, 5.41) is 0. The van der Waals surface area contributed by atoms with Crippen LogP contribution >= 0.6 is 0 Å². The van der Waals surface area contributed by atoms with Crippen LogP contribution in [0.4, 0.5) is 0 Å². The Hall–Kier alpha value is -0.900. The van der Waals surface area contributed by atoms with E-state index in [9.17, 15) is 9.59 Å². The molecule has 2 unspecified atom stereocenters. The van der Waals surface area contributed by atoms with Crippen molar-refractivity contribution in [2.24, 2.45) is 11.8 Å². The number of esters is 1. The van der Waals surface area contributed by atoms with Crippen molar-refractivity contribution < 1.29 is 19.1 Å². The van der Waals surface area contributed by atoms with Gasteiger partial charge in [-0.25, -0.2) is 4.79 Å². The van der Waals surface area contributed by atoms with Gasteiger partial charge in [-0.2, -0.15) is 0 Å². The molecule has 1 aliphatic rings. The maximum absolute atomic E-state index is 11.9. The Morgan fingerprint density at radius 3 is 2.24 bits per heavy atom. The fourth-order valence-electron chi connectivity index (χ4n) is 2.00. The molecule has 1 fully saturated rings. The molecule has 1 aliphatic heterocycles. The van der Waals surface area contributed by atoms with Crippen molar-refractivity contribution in [3.05, 3.63) is 0 Å². The fraction of sp³-hybridized carbons (Fsp3) is 0.846. The van der Waals surface area contributed by atoms with E-state index >= 15 is 0 Å². The molecule has 0 bridgehead atoms. The van der Waals surface area contributed by atoms with Crippen LogP contribution in [0, 0.1) is 11.8 Å². The molecule has 4 nitrogen and oxygen atoms in total. The molecular weight excluding hydrogens is 220 g/mol. The van der Waals surface area contributed by atoms with Gasteiger partial charge in [0.25, 0.3) is 0 Å². The summed E-state index contributed by atoms with van der Waals surface area (Å²) in [6.45, 7) is 11.1. The minimum Gasteiger partial charge on any atom is -0.458 e. The Balaban J connectivity index is 2.74. The lowest BCUT2D eigenvalue weighted by Crippen LogP contribution is -2.35. The first-order valence-corrected chi connectivity index (χ1v) is 6.05. The standard InChI is InChI=1S/C13H22O4/c1-7(2)10-8(3)9(14)11(16-10)12(15)17-13(4,5)6/h7-8,10-11H,1-6H3/t8?,10?,11-/m0/s1. The zero-order valence-corrected chi connectivity index (χ0v) is 11.4. The molecule has 0 aromatic carbocycles. The van der Waals surface area contributed by atoms with Crippen LogP contribution in [0.15, 0.2) is 0 Å². The number of ketones is 1. The molecule has 1 heterocycles. The molecule has 17 heavy (non-hydrogen) atoms. The third-order valence-corrected chi connectivity index (χ3v) is 2.77. The van der Waals surface area contributed by atoms with Crippen LogP contribution in [0.2, 0.25) is 0 Å². The first-order chi connectivity index (χ1) is 7.63. The van der Waals surface area contributed by atoms with E-state index in [1.54, 1.807) is 27.7 Å². The number of Topliss-reactive ketones (excluding diaryl/α,β-unsaturated/α-hetero) is 1. The smallest absolute Gasteiger partial charge is 0.343 e. The maximum Gasteiger partial charge on any atom is 0.343 e. The molecule has 0 saturated carbocycles. The van der Waals surface area contributed by atoms with E-state index in [0.717, 1.165) is 0 Å². The Bertz CT molecular complexity index is 314. The maximum atomic E-state index is 11.9. The van der Waals surface area contributed by atoms with Crippen LogP contribution in [-0.4, -0.2) is 29.6 Å². The van der Waals surface area contributed by atoms with Gasteiger partial charge in [-0.1, -0.05) is 20.8 Å². The zero-order chi connectivity index (χ0) is 13.4. The van der Waals surface area contributed by atoms with E-state index in [-0.39, 0.29) is 23.7 Å². The third-order valence-electron chi connectivity index (χ3n) is 2.77. The van der Waals surface area contributed by atoms with Gasteiger partial charge in [0.05, 0.1) is 6.10 Å². The molecular formula is C13H22O4. The van der Waals surface area contributed by atoms with Crippen LogP contribution in [0.25, 0.3) is 0 Å². The van der Waals surface area contributed by atoms with Gasteiger partial charge >= 0.3 is 5.97 Å². The van der Waals surface area contributed by atoms with Crippen molar-refractivity contribution >= 4 is 11.8 Å².